The lowest BCUT2D eigenvalue weighted by molar-refractivity contribution is 0.267. The molecule has 0 spiro atoms. The highest BCUT2D eigenvalue weighted by Gasteiger charge is 2.16. The van der Waals surface area contributed by atoms with Crippen LogP contribution in [0.1, 0.15) is 31.7 Å². The molecule has 0 saturated heterocycles. The van der Waals surface area contributed by atoms with Gasteiger partial charge >= 0.3 is 0 Å². The van der Waals surface area contributed by atoms with Crippen LogP contribution in [0.5, 0.6) is 0 Å². The van der Waals surface area contributed by atoms with Crippen molar-refractivity contribution >= 4 is 17.4 Å². The van der Waals surface area contributed by atoms with Crippen LogP contribution in [0.4, 0.5) is 5.82 Å². The second-order valence-electron chi connectivity index (χ2n) is 4.54. The molecule has 0 aliphatic carbocycles. The van der Waals surface area contributed by atoms with Crippen molar-refractivity contribution in [1.82, 2.24) is 9.97 Å². The molecule has 1 aromatic heterocycles. The number of halogens is 1. The van der Waals surface area contributed by atoms with Crippen LogP contribution < -0.4 is 5.32 Å². The Labute approximate surface area is 107 Å². The molecule has 1 unspecified atom stereocenters. The molecule has 5 heteroatoms. The lowest BCUT2D eigenvalue weighted by atomic mass is 10.0. The summed E-state index contributed by atoms with van der Waals surface area (Å²) in [6.07, 6.45) is 0.669. The van der Waals surface area contributed by atoms with Gasteiger partial charge in [0.15, 0.2) is 11.0 Å². The minimum absolute atomic E-state index is 0.145. The Bertz CT molecular complexity index is 382. The van der Waals surface area contributed by atoms with Gasteiger partial charge in [-0.15, -0.1) is 0 Å². The molecule has 1 aromatic rings. The van der Waals surface area contributed by atoms with Gasteiger partial charge in [0.1, 0.15) is 0 Å². The van der Waals surface area contributed by atoms with Gasteiger partial charge in [0, 0.05) is 12.6 Å². The van der Waals surface area contributed by atoms with Crippen molar-refractivity contribution in [3.63, 3.8) is 0 Å². The molecule has 0 saturated carbocycles. The highest BCUT2D eigenvalue weighted by atomic mass is 35.5. The van der Waals surface area contributed by atoms with Gasteiger partial charge in [-0.1, -0.05) is 25.4 Å². The minimum Gasteiger partial charge on any atom is -0.396 e. The smallest absolute Gasteiger partial charge is 0.171 e. The number of nitrogens with zero attached hydrogens (tertiary/aromatic N) is 2. The van der Waals surface area contributed by atoms with Crippen molar-refractivity contribution in [2.75, 3.05) is 11.9 Å². The van der Waals surface area contributed by atoms with Crippen molar-refractivity contribution in [1.29, 1.82) is 0 Å². The first-order valence-electron chi connectivity index (χ1n) is 5.83. The normalized spacial score (nSPS) is 12.9. The summed E-state index contributed by atoms with van der Waals surface area (Å²) in [5, 5.41) is 12.7. The third-order valence-corrected chi connectivity index (χ3v) is 3.09. The Hall–Kier alpha value is -0.870. The van der Waals surface area contributed by atoms with Crippen LogP contribution in [0.3, 0.4) is 0 Å². The SMILES string of the molecule is Cc1nc(Cl)c(NC(CCO)C(C)C)nc1C. The van der Waals surface area contributed by atoms with Gasteiger partial charge in [0.2, 0.25) is 0 Å². The van der Waals surface area contributed by atoms with Crippen LogP contribution in [0.2, 0.25) is 5.15 Å². The summed E-state index contributed by atoms with van der Waals surface area (Å²) in [4.78, 5) is 8.61. The third kappa shape index (κ3) is 3.82. The zero-order chi connectivity index (χ0) is 13.0. The maximum absolute atomic E-state index is 9.02. The molecule has 17 heavy (non-hydrogen) atoms. The van der Waals surface area contributed by atoms with E-state index in [4.69, 9.17) is 16.7 Å². The summed E-state index contributed by atoms with van der Waals surface area (Å²) in [6.45, 7) is 8.11. The Balaban J connectivity index is 2.89. The first-order valence-corrected chi connectivity index (χ1v) is 6.21. The maximum Gasteiger partial charge on any atom is 0.171 e. The van der Waals surface area contributed by atoms with Crippen molar-refractivity contribution in [3.8, 4) is 0 Å². The van der Waals surface area contributed by atoms with E-state index in [2.05, 4.69) is 29.1 Å². The van der Waals surface area contributed by atoms with E-state index in [-0.39, 0.29) is 12.6 Å². The second kappa shape index (κ2) is 6.17. The zero-order valence-electron chi connectivity index (χ0n) is 10.8. The molecule has 0 aliphatic heterocycles. The number of nitrogens with one attached hydrogen (secondary N) is 1. The molecule has 0 aliphatic rings. The van der Waals surface area contributed by atoms with Crippen LogP contribution in [0, 0.1) is 19.8 Å². The standard InChI is InChI=1S/C12H20ClN3O/c1-7(2)10(5-6-17)16-12-11(13)14-8(3)9(4)15-12/h7,10,17H,5-6H2,1-4H3,(H,15,16). The van der Waals surface area contributed by atoms with E-state index < -0.39 is 0 Å². The fourth-order valence-corrected chi connectivity index (χ4v) is 1.78. The van der Waals surface area contributed by atoms with Gasteiger partial charge in [-0.05, 0) is 26.2 Å². The summed E-state index contributed by atoms with van der Waals surface area (Å²) < 4.78 is 0. The maximum atomic E-state index is 9.02. The van der Waals surface area contributed by atoms with Crippen LogP contribution in [0.25, 0.3) is 0 Å². The number of anilines is 1. The molecule has 1 heterocycles. The Morgan fingerprint density at radius 2 is 1.82 bits per heavy atom. The molecule has 0 fully saturated rings. The number of hydrogen-bond acceptors (Lipinski definition) is 4. The fourth-order valence-electron chi connectivity index (χ4n) is 1.55. The highest BCUT2D eigenvalue weighted by molar-refractivity contribution is 6.31. The second-order valence-corrected chi connectivity index (χ2v) is 4.90. The van der Waals surface area contributed by atoms with Crippen molar-refractivity contribution in [2.45, 2.75) is 40.2 Å². The molecule has 0 bridgehead atoms. The largest absolute Gasteiger partial charge is 0.396 e. The van der Waals surface area contributed by atoms with Gasteiger partial charge in [0.05, 0.1) is 11.4 Å². The predicted molar refractivity (Wildman–Crippen MR) is 70.5 cm³/mol. The van der Waals surface area contributed by atoms with E-state index in [1.165, 1.54) is 0 Å². The molecule has 4 nitrogen and oxygen atoms in total. The molecule has 2 N–H and O–H groups in total. The monoisotopic (exact) mass is 257 g/mol. The van der Waals surface area contributed by atoms with E-state index in [9.17, 15) is 0 Å². The van der Waals surface area contributed by atoms with Crippen molar-refractivity contribution in [2.24, 2.45) is 5.92 Å². The Kier molecular flexibility index (Phi) is 5.15. The summed E-state index contributed by atoms with van der Waals surface area (Å²) in [7, 11) is 0. The average molecular weight is 258 g/mol. The molecular formula is C12H20ClN3O. The summed E-state index contributed by atoms with van der Waals surface area (Å²) in [5.41, 5.74) is 1.70. The van der Waals surface area contributed by atoms with Crippen molar-refractivity contribution < 1.29 is 5.11 Å². The van der Waals surface area contributed by atoms with E-state index in [1.54, 1.807) is 0 Å². The van der Waals surface area contributed by atoms with E-state index >= 15 is 0 Å². The van der Waals surface area contributed by atoms with Gasteiger partial charge in [-0.2, -0.15) is 0 Å². The van der Waals surface area contributed by atoms with Gasteiger partial charge < -0.3 is 10.4 Å². The number of aliphatic hydroxyl groups excluding tert-OH is 1. The first-order chi connectivity index (χ1) is 7.95. The number of rotatable bonds is 5. The molecule has 0 radical (unpaired) electrons. The Morgan fingerprint density at radius 1 is 1.24 bits per heavy atom. The highest BCUT2D eigenvalue weighted by Crippen LogP contribution is 2.21. The predicted octanol–water partition coefficient (Wildman–Crippen LogP) is 2.57. The minimum atomic E-state index is 0.145. The summed E-state index contributed by atoms with van der Waals surface area (Å²) in [6, 6.07) is 0.147. The molecule has 0 aromatic carbocycles. The lowest BCUT2D eigenvalue weighted by Gasteiger charge is -2.22. The summed E-state index contributed by atoms with van der Waals surface area (Å²) >= 11 is 6.05. The van der Waals surface area contributed by atoms with E-state index in [0.717, 1.165) is 11.4 Å². The number of aryl methyl sites for hydroxylation is 2. The molecular weight excluding hydrogens is 238 g/mol. The number of aliphatic hydroxyl groups is 1. The quantitative estimate of drug-likeness (QED) is 0.851. The number of aromatic nitrogens is 2. The number of hydrogen-bond donors (Lipinski definition) is 2. The molecule has 1 rings (SSSR count). The molecule has 1 atom stereocenters. The van der Waals surface area contributed by atoms with Crippen LogP contribution in [-0.4, -0.2) is 27.7 Å². The van der Waals surface area contributed by atoms with E-state index in [0.29, 0.717) is 23.3 Å². The lowest BCUT2D eigenvalue weighted by Crippen LogP contribution is -2.27. The van der Waals surface area contributed by atoms with E-state index in [1.807, 2.05) is 13.8 Å². The zero-order valence-corrected chi connectivity index (χ0v) is 11.5. The van der Waals surface area contributed by atoms with Crippen LogP contribution >= 0.6 is 11.6 Å². The van der Waals surface area contributed by atoms with Gasteiger partial charge in [-0.25, -0.2) is 9.97 Å². The van der Waals surface area contributed by atoms with Crippen LogP contribution in [-0.2, 0) is 0 Å². The van der Waals surface area contributed by atoms with Gasteiger partial charge in [0.25, 0.3) is 0 Å². The Morgan fingerprint density at radius 3 is 2.35 bits per heavy atom. The van der Waals surface area contributed by atoms with Gasteiger partial charge in [-0.3, -0.25) is 0 Å². The fraction of sp³-hybridized carbons (Fsp3) is 0.667. The molecule has 0 amide bonds. The van der Waals surface area contributed by atoms with Crippen molar-refractivity contribution in [3.05, 3.63) is 16.5 Å². The third-order valence-electron chi connectivity index (χ3n) is 2.83. The first kappa shape index (κ1) is 14.2. The average Bonchev–Trinajstić information content (AvgIpc) is 2.24. The summed E-state index contributed by atoms with van der Waals surface area (Å²) in [5.74, 6) is 0.989. The molecule has 96 valence electrons. The topological polar surface area (TPSA) is 58.0 Å². The van der Waals surface area contributed by atoms with Crippen LogP contribution in [0.15, 0.2) is 0 Å².